The van der Waals surface area contributed by atoms with Crippen molar-refractivity contribution >= 4 is 44.1 Å². The van der Waals surface area contributed by atoms with Gasteiger partial charge >= 0.3 is 0 Å². The second-order valence-electron chi connectivity index (χ2n) is 4.81. The summed E-state index contributed by atoms with van der Waals surface area (Å²) in [6, 6.07) is 16.1. The van der Waals surface area contributed by atoms with Gasteiger partial charge in [0, 0.05) is 15.2 Å². The van der Waals surface area contributed by atoms with Crippen LogP contribution in [0.1, 0.15) is 18.5 Å². The third-order valence-electron chi connectivity index (χ3n) is 3.34. The van der Waals surface area contributed by atoms with E-state index in [1.807, 2.05) is 36.4 Å². The Morgan fingerprint density at radius 2 is 1.81 bits per heavy atom. The van der Waals surface area contributed by atoms with E-state index in [4.69, 9.17) is 11.6 Å². The van der Waals surface area contributed by atoms with E-state index in [1.165, 1.54) is 5.56 Å². The van der Waals surface area contributed by atoms with Crippen molar-refractivity contribution in [1.29, 1.82) is 0 Å². The Morgan fingerprint density at radius 3 is 2.57 bits per heavy atom. The first-order valence-corrected chi connectivity index (χ1v) is 7.75. The van der Waals surface area contributed by atoms with Crippen molar-refractivity contribution in [2.24, 2.45) is 0 Å². The van der Waals surface area contributed by atoms with Gasteiger partial charge in [0.05, 0.1) is 6.04 Å². The number of halogens is 2. The molecular formula is C16H13BrClN3. The number of fused-ring (bicyclic) bond motifs is 1. The summed E-state index contributed by atoms with van der Waals surface area (Å²) >= 11 is 9.59. The average molecular weight is 363 g/mol. The maximum absolute atomic E-state index is 6.10. The Kier molecular flexibility index (Phi) is 4.08. The molecule has 3 aromatic rings. The lowest BCUT2D eigenvalue weighted by Crippen LogP contribution is -2.09. The highest BCUT2D eigenvalue weighted by atomic mass is 79.9. The molecule has 1 heterocycles. The van der Waals surface area contributed by atoms with E-state index in [9.17, 15) is 0 Å². The monoisotopic (exact) mass is 361 g/mol. The van der Waals surface area contributed by atoms with E-state index in [-0.39, 0.29) is 6.04 Å². The summed E-state index contributed by atoms with van der Waals surface area (Å²) in [5.41, 5.74) is 1.17. The quantitative estimate of drug-likeness (QED) is 0.694. The molecule has 0 radical (unpaired) electrons. The first kappa shape index (κ1) is 14.3. The van der Waals surface area contributed by atoms with E-state index >= 15 is 0 Å². The Bertz CT molecular complexity index is 791. The van der Waals surface area contributed by atoms with Crippen molar-refractivity contribution in [2.75, 3.05) is 5.32 Å². The van der Waals surface area contributed by atoms with Gasteiger partial charge in [0.25, 0.3) is 0 Å². The summed E-state index contributed by atoms with van der Waals surface area (Å²) < 4.78 is 1.06. The normalized spacial score (nSPS) is 12.3. The summed E-state index contributed by atoms with van der Waals surface area (Å²) in [7, 11) is 0. The van der Waals surface area contributed by atoms with Gasteiger partial charge in [-0.3, -0.25) is 0 Å². The Labute approximate surface area is 136 Å². The summed E-state index contributed by atoms with van der Waals surface area (Å²) in [4.78, 5) is 0. The molecule has 3 rings (SSSR count). The number of rotatable bonds is 3. The van der Waals surface area contributed by atoms with Crippen LogP contribution in [0.25, 0.3) is 10.8 Å². The largest absolute Gasteiger partial charge is 0.362 e. The minimum Gasteiger partial charge on any atom is -0.362 e. The predicted molar refractivity (Wildman–Crippen MR) is 90.7 cm³/mol. The van der Waals surface area contributed by atoms with Crippen LogP contribution in [0.4, 0.5) is 5.82 Å². The third-order valence-corrected chi connectivity index (χ3v) is 4.12. The SMILES string of the molecule is CC(Nc1nnc(Cl)c2ccccc12)c1cccc(Br)c1. The van der Waals surface area contributed by atoms with Crippen molar-refractivity contribution in [2.45, 2.75) is 13.0 Å². The fourth-order valence-corrected chi connectivity index (χ4v) is 2.86. The Balaban J connectivity index is 1.97. The van der Waals surface area contributed by atoms with E-state index < -0.39 is 0 Å². The van der Waals surface area contributed by atoms with Gasteiger partial charge in [0.2, 0.25) is 0 Å². The molecule has 106 valence electrons. The first-order chi connectivity index (χ1) is 10.1. The molecule has 1 aromatic heterocycles. The van der Waals surface area contributed by atoms with E-state index in [0.29, 0.717) is 5.15 Å². The molecule has 5 heteroatoms. The number of hydrogen-bond donors (Lipinski definition) is 1. The van der Waals surface area contributed by atoms with E-state index in [2.05, 4.69) is 50.5 Å². The van der Waals surface area contributed by atoms with Crippen molar-refractivity contribution < 1.29 is 0 Å². The standard InChI is InChI=1S/C16H13BrClN3/c1-10(11-5-4-6-12(17)9-11)19-16-14-8-3-2-7-13(14)15(18)20-21-16/h2-10H,1H3,(H,19,21). The molecule has 0 aliphatic rings. The number of hydrogen-bond acceptors (Lipinski definition) is 3. The molecule has 0 saturated heterocycles. The average Bonchev–Trinajstić information content (AvgIpc) is 2.50. The molecule has 21 heavy (non-hydrogen) atoms. The lowest BCUT2D eigenvalue weighted by atomic mass is 10.1. The van der Waals surface area contributed by atoms with E-state index in [0.717, 1.165) is 21.1 Å². The van der Waals surface area contributed by atoms with Crippen LogP contribution in [0.15, 0.2) is 53.0 Å². The minimum absolute atomic E-state index is 0.112. The van der Waals surface area contributed by atoms with Crippen LogP contribution in [0.3, 0.4) is 0 Å². The molecule has 1 unspecified atom stereocenters. The molecule has 0 saturated carbocycles. The zero-order valence-electron chi connectivity index (χ0n) is 11.3. The fourth-order valence-electron chi connectivity index (χ4n) is 2.24. The van der Waals surface area contributed by atoms with Crippen molar-refractivity contribution in [3.05, 3.63) is 63.7 Å². The zero-order chi connectivity index (χ0) is 14.8. The molecule has 0 spiro atoms. The van der Waals surface area contributed by atoms with Crippen LogP contribution in [-0.4, -0.2) is 10.2 Å². The van der Waals surface area contributed by atoms with Gasteiger partial charge in [-0.15, -0.1) is 10.2 Å². The molecule has 0 aliphatic heterocycles. The van der Waals surface area contributed by atoms with Crippen LogP contribution in [0.5, 0.6) is 0 Å². The summed E-state index contributed by atoms with van der Waals surface area (Å²) in [5.74, 6) is 0.738. The maximum atomic E-state index is 6.10. The summed E-state index contributed by atoms with van der Waals surface area (Å²) in [5, 5.41) is 13.9. The number of nitrogens with zero attached hydrogens (tertiary/aromatic N) is 2. The van der Waals surface area contributed by atoms with Gasteiger partial charge in [-0.1, -0.05) is 63.9 Å². The highest BCUT2D eigenvalue weighted by Gasteiger charge is 2.11. The molecule has 0 aliphatic carbocycles. The van der Waals surface area contributed by atoms with E-state index in [1.54, 1.807) is 0 Å². The molecule has 3 nitrogen and oxygen atoms in total. The predicted octanol–water partition coefficient (Wildman–Crippen LogP) is 5.22. The highest BCUT2D eigenvalue weighted by molar-refractivity contribution is 9.10. The second-order valence-corrected chi connectivity index (χ2v) is 6.08. The van der Waals surface area contributed by atoms with Gasteiger partial charge in [-0.2, -0.15) is 0 Å². The van der Waals surface area contributed by atoms with Gasteiger partial charge in [0.1, 0.15) is 0 Å². The smallest absolute Gasteiger partial charge is 0.159 e. The van der Waals surface area contributed by atoms with Crippen LogP contribution < -0.4 is 5.32 Å². The first-order valence-electron chi connectivity index (χ1n) is 6.58. The van der Waals surface area contributed by atoms with Crippen LogP contribution in [-0.2, 0) is 0 Å². The molecule has 1 atom stereocenters. The summed E-state index contributed by atoms with van der Waals surface area (Å²) in [6.07, 6.45) is 0. The Morgan fingerprint density at radius 1 is 1.05 bits per heavy atom. The van der Waals surface area contributed by atoms with Crippen molar-refractivity contribution in [1.82, 2.24) is 10.2 Å². The van der Waals surface area contributed by atoms with Gasteiger partial charge in [-0.05, 0) is 24.6 Å². The number of benzene rings is 2. The van der Waals surface area contributed by atoms with Gasteiger partial charge in [0.15, 0.2) is 11.0 Å². The van der Waals surface area contributed by atoms with Gasteiger partial charge < -0.3 is 5.32 Å². The lowest BCUT2D eigenvalue weighted by molar-refractivity contribution is 0.865. The number of aromatic nitrogens is 2. The molecule has 0 bridgehead atoms. The Hall–Kier alpha value is -1.65. The minimum atomic E-state index is 0.112. The van der Waals surface area contributed by atoms with Crippen molar-refractivity contribution in [3.8, 4) is 0 Å². The number of anilines is 1. The molecular weight excluding hydrogens is 350 g/mol. The molecule has 0 fully saturated rings. The van der Waals surface area contributed by atoms with Crippen molar-refractivity contribution in [3.63, 3.8) is 0 Å². The second kappa shape index (κ2) is 6.00. The number of nitrogens with one attached hydrogen (secondary N) is 1. The maximum Gasteiger partial charge on any atom is 0.159 e. The lowest BCUT2D eigenvalue weighted by Gasteiger charge is -2.16. The molecule has 0 amide bonds. The third kappa shape index (κ3) is 3.01. The molecule has 2 aromatic carbocycles. The topological polar surface area (TPSA) is 37.8 Å². The van der Waals surface area contributed by atoms with Crippen LogP contribution in [0, 0.1) is 0 Å². The fraction of sp³-hybridized carbons (Fsp3) is 0.125. The van der Waals surface area contributed by atoms with Crippen LogP contribution in [0.2, 0.25) is 5.15 Å². The summed E-state index contributed by atoms with van der Waals surface area (Å²) in [6.45, 7) is 2.09. The van der Waals surface area contributed by atoms with Gasteiger partial charge in [-0.25, -0.2) is 0 Å². The highest BCUT2D eigenvalue weighted by Crippen LogP contribution is 2.28. The zero-order valence-corrected chi connectivity index (χ0v) is 13.7. The van der Waals surface area contributed by atoms with Crippen LogP contribution >= 0.6 is 27.5 Å². The molecule has 1 N–H and O–H groups in total.